The van der Waals surface area contributed by atoms with Gasteiger partial charge in [0.2, 0.25) is 6.10 Å². The second kappa shape index (κ2) is 6.71. The fraction of sp³-hybridized carbons (Fsp3) is 0.176. The second-order valence-corrected chi connectivity index (χ2v) is 7.55. The Balaban J connectivity index is 1.29. The number of hydrogen-bond donors (Lipinski definition) is 1. The maximum absolute atomic E-state index is 12.0. The number of benzene rings is 1. The third kappa shape index (κ3) is 3.17. The van der Waals surface area contributed by atoms with Crippen molar-refractivity contribution < 1.29 is 13.9 Å². The molecule has 3 aromatic heterocycles. The van der Waals surface area contributed by atoms with E-state index in [1.54, 1.807) is 0 Å². The molecule has 0 spiro atoms. The van der Waals surface area contributed by atoms with Crippen LogP contribution in [0.15, 0.2) is 50.1 Å². The Morgan fingerprint density at radius 1 is 1.22 bits per heavy atom. The first-order valence-electron chi connectivity index (χ1n) is 8.07. The SMILES string of the molecule is O=c1[nH]c(CSc2nnc([C@H]3COc4ccccc4O3)o2)nc2ccsc12. The predicted octanol–water partition coefficient (Wildman–Crippen LogP) is 3.17. The number of hydrogen-bond acceptors (Lipinski definition) is 9. The van der Waals surface area contributed by atoms with E-state index in [9.17, 15) is 4.79 Å². The number of fused-ring (bicyclic) bond motifs is 2. The van der Waals surface area contributed by atoms with Gasteiger partial charge >= 0.3 is 0 Å². The Hall–Kier alpha value is -2.85. The first-order chi connectivity index (χ1) is 13.3. The number of thiophene rings is 1. The van der Waals surface area contributed by atoms with Crippen molar-refractivity contribution in [1.82, 2.24) is 20.2 Å². The fourth-order valence-electron chi connectivity index (χ4n) is 2.67. The number of aromatic nitrogens is 4. The van der Waals surface area contributed by atoms with Gasteiger partial charge in [0, 0.05) is 0 Å². The molecule has 1 aromatic carbocycles. The first kappa shape index (κ1) is 16.3. The van der Waals surface area contributed by atoms with Gasteiger partial charge in [-0.15, -0.1) is 21.5 Å². The van der Waals surface area contributed by atoms with Gasteiger partial charge in [0.15, 0.2) is 11.5 Å². The molecule has 4 aromatic rings. The molecule has 1 N–H and O–H groups in total. The highest BCUT2D eigenvalue weighted by atomic mass is 32.2. The molecule has 5 rings (SSSR count). The lowest BCUT2D eigenvalue weighted by atomic mass is 10.2. The molecule has 136 valence electrons. The van der Waals surface area contributed by atoms with Crippen molar-refractivity contribution in [3.63, 3.8) is 0 Å². The van der Waals surface area contributed by atoms with E-state index in [0.717, 1.165) is 0 Å². The average Bonchev–Trinajstić information content (AvgIpc) is 3.36. The van der Waals surface area contributed by atoms with Crippen molar-refractivity contribution in [1.29, 1.82) is 0 Å². The van der Waals surface area contributed by atoms with E-state index < -0.39 is 6.10 Å². The molecule has 0 unspecified atom stereocenters. The van der Waals surface area contributed by atoms with Gasteiger partial charge in [-0.05, 0) is 23.6 Å². The minimum atomic E-state index is -0.457. The number of nitrogens with zero attached hydrogens (tertiary/aromatic N) is 3. The van der Waals surface area contributed by atoms with Crippen LogP contribution in [-0.2, 0) is 5.75 Å². The maximum Gasteiger partial charge on any atom is 0.277 e. The summed E-state index contributed by atoms with van der Waals surface area (Å²) in [5, 5.41) is 10.3. The zero-order valence-corrected chi connectivity index (χ0v) is 15.4. The molecule has 0 saturated heterocycles. The Kier molecular flexibility index (Phi) is 4.06. The summed E-state index contributed by atoms with van der Waals surface area (Å²) in [7, 11) is 0. The molecule has 0 amide bonds. The van der Waals surface area contributed by atoms with Gasteiger partial charge in [0.25, 0.3) is 16.7 Å². The lowest BCUT2D eigenvalue weighted by Crippen LogP contribution is -2.21. The zero-order valence-electron chi connectivity index (χ0n) is 13.7. The van der Waals surface area contributed by atoms with Gasteiger partial charge in [0.05, 0.1) is 11.3 Å². The molecule has 27 heavy (non-hydrogen) atoms. The lowest BCUT2D eigenvalue weighted by molar-refractivity contribution is 0.0686. The predicted molar refractivity (Wildman–Crippen MR) is 99.4 cm³/mol. The molecule has 1 atom stereocenters. The smallest absolute Gasteiger partial charge is 0.277 e. The van der Waals surface area contributed by atoms with Crippen molar-refractivity contribution in [3.05, 3.63) is 57.8 Å². The molecule has 1 aliphatic rings. The van der Waals surface area contributed by atoms with Crippen molar-refractivity contribution in [2.75, 3.05) is 6.61 Å². The largest absolute Gasteiger partial charge is 0.485 e. The van der Waals surface area contributed by atoms with E-state index in [-0.39, 0.29) is 5.56 Å². The topological polar surface area (TPSA) is 103 Å². The molecule has 0 fully saturated rings. The number of nitrogens with one attached hydrogen (secondary N) is 1. The molecule has 0 saturated carbocycles. The summed E-state index contributed by atoms with van der Waals surface area (Å²) >= 11 is 2.67. The summed E-state index contributed by atoms with van der Waals surface area (Å²) < 4.78 is 17.8. The molecule has 8 nitrogen and oxygen atoms in total. The van der Waals surface area contributed by atoms with Crippen molar-refractivity contribution in [2.24, 2.45) is 0 Å². The zero-order chi connectivity index (χ0) is 18.2. The van der Waals surface area contributed by atoms with Gasteiger partial charge in [-0.25, -0.2) is 4.98 Å². The average molecular weight is 400 g/mol. The number of rotatable bonds is 4. The summed E-state index contributed by atoms with van der Waals surface area (Å²) in [5.74, 6) is 2.66. The second-order valence-electron chi connectivity index (χ2n) is 5.71. The maximum atomic E-state index is 12.0. The van der Waals surface area contributed by atoms with Crippen molar-refractivity contribution in [2.45, 2.75) is 17.1 Å². The summed E-state index contributed by atoms with van der Waals surface area (Å²) in [4.78, 5) is 19.2. The normalized spacial score (nSPS) is 15.9. The monoisotopic (exact) mass is 400 g/mol. The summed E-state index contributed by atoms with van der Waals surface area (Å²) in [5.41, 5.74) is 0.556. The standard InChI is InChI=1S/C17H12N4O4S2/c22-15-14-9(5-6-26-14)18-13(19-15)8-27-17-21-20-16(25-17)12-7-23-10-3-1-2-4-11(10)24-12/h1-6,12H,7-8H2,(H,18,19,22)/t12-/m1/s1. The first-order valence-corrected chi connectivity index (χ1v) is 9.94. The Bertz CT molecular complexity index is 1170. The molecule has 1 aliphatic heterocycles. The molecule has 0 bridgehead atoms. The third-order valence-corrected chi connectivity index (χ3v) is 5.63. The summed E-state index contributed by atoms with van der Waals surface area (Å²) in [6.07, 6.45) is -0.457. The fourth-order valence-corrected chi connectivity index (χ4v) is 4.04. The Labute approximate surface area is 160 Å². The molecular formula is C17H12N4O4S2. The molecule has 0 radical (unpaired) electrons. The number of thioether (sulfide) groups is 1. The Morgan fingerprint density at radius 2 is 2.11 bits per heavy atom. The number of ether oxygens (including phenoxy) is 2. The van der Waals surface area contributed by atoms with Gasteiger partial charge < -0.3 is 18.9 Å². The quantitative estimate of drug-likeness (QED) is 0.521. The Morgan fingerprint density at radius 3 is 3.04 bits per heavy atom. The van der Waals surface area contributed by atoms with Crippen LogP contribution in [-0.4, -0.2) is 26.8 Å². The van der Waals surface area contributed by atoms with Crippen molar-refractivity contribution >= 4 is 33.3 Å². The van der Waals surface area contributed by atoms with Gasteiger partial charge in [-0.2, -0.15) is 0 Å². The van der Waals surface area contributed by atoms with Crippen LogP contribution in [0.1, 0.15) is 17.8 Å². The van der Waals surface area contributed by atoms with Crippen molar-refractivity contribution in [3.8, 4) is 11.5 Å². The highest BCUT2D eigenvalue weighted by Gasteiger charge is 2.27. The number of H-pyrrole nitrogens is 1. The van der Waals surface area contributed by atoms with Crippen LogP contribution in [0.4, 0.5) is 0 Å². The van der Waals surface area contributed by atoms with E-state index in [0.29, 0.717) is 51.0 Å². The lowest BCUT2D eigenvalue weighted by Gasteiger charge is -2.23. The highest BCUT2D eigenvalue weighted by Crippen LogP contribution is 2.36. The van der Waals surface area contributed by atoms with Crippen LogP contribution in [0.5, 0.6) is 11.5 Å². The highest BCUT2D eigenvalue weighted by molar-refractivity contribution is 7.98. The van der Waals surface area contributed by atoms with Crippen LogP contribution in [0, 0.1) is 0 Å². The van der Waals surface area contributed by atoms with Crippen LogP contribution < -0.4 is 15.0 Å². The minimum absolute atomic E-state index is 0.136. The summed E-state index contributed by atoms with van der Waals surface area (Å²) in [6.45, 7) is 0.299. The van der Waals surface area contributed by atoms with E-state index in [1.165, 1.54) is 23.1 Å². The van der Waals surface area contributed by atoms with Gasteiger partial charge in [-0.1, -0.05) is 23.9 Å². The molecular weight excluding hydrogens is 388 g/mol. The van der Waals surface area contributed by atoms with E-state index in [4.69, 9.17) is 13.9 Å². The molecule has 4 heterocycles. The van der Waals surface area contributed by atoms with Crippen LogP contribution in [0.25, 0.3) is 10.2 Å². The molecule has 0 aliphatic carbocycles. The molecule has 10 heteroatoms. The number of para-hydroxylation sites is 2. The van der Waals surface area contributed by atoms with E-state index in [1.807, 2.05) is 35.7 Å². The van der Waals surface area contributed by atoms with Crippen LogP contribution in [0.2, 0.25) is 0 Å². The van der Waals surface area contributed by atoms with Crippen LogP contribution in [0.3, 0.4) is 0 Å². The van der Waals surface area contributed by atoms with Gasteiger partial charge in [-0.3, -0.25) is 4.79 Å². The van der Waals surface area contributed by atoms with Gasteiger partial charge in [0.1, 0.15) is 17.1 Å². The minimum Gasteiger partial charge on any atom is -0.485 e. The van der Waals surface area contributed by atoms with E-state index >= 15 is 0 Å². The number of aromatic amines is 1. The third-order valence-electron chi connectivity index (χ3n) is 3.90. The summed E-state index contributed by atoms with van der Waals surface area (Å²) in [6, 6.07) is 9.26. The van der Waals surface area contributed by atoms with Crippen LogP contribution >= 0.6 is 23.1 Å². The van der Waals surface area contributed by atoms with E-state index in [2.05, 4.69) is 20.2 Å².